The number of piperazine rings is 1. The van der Waals surface area contributed by atoms with Gasteiger partial charge in [0.2, 0.25) is 10.0 Å². The van der Waals surface area contributed by atoms with Crippen LogP contribution in [-0.4, -0.2) is 56.6 Å². The van der Waals surface area contributed by atoms with Gasteiger partial charge < -0.3 is 0 Å². The van der Waals surface area contributed by atoms with E-state index in [1.54, 1.807) is 0 Å². The van der Waals surface area contributed by atoms with Crippen molar-refractivity contribution in [3.8, 4) is 12.3 Å². The van der Waals surface area contributed by atoms with E-state index in [1.807, 2.05) is 0 Å². The molecule has 0 aromatic carbocycles. The number of rotatable bonds is 2. The first-order valence-electron chi connectivity index (χ1n) is 4.15. The molecular weight excluding hydrogens is 188 g/mol. The first-order valence-corrected chi connectivity index (χ1v) is 6.00. The molecule has 74 valence electrons. The number of hydrogen-bond acceptors (Lipinski definition) is 3. The van der Waals surface area contributed by atoms with E-state index in [4.69, 9.17) is 6.42 Å². The van der Waals surface area contributed by atoms with Crippen LogP contribution in [0.2, 0.25) is 0 Å². The summed E-state index contributed by atoms with van der Waals surface area (Å²) >= 11 is 0. The first kappa shape index (κ1) is 10.5. The maximum atomic E-state index is 11.1. The molecule has 1 aliphatic rings. The molecule has 1 heterocycles. The molecule has 4 nitrogen and oxygen atoms in total. The molecule has 0 atom stereocenters. The lowest BCUT2D eigenvalue weighted by Gasteiger charge is -2.31. The lowest BCUT2D eigenvalue weighted by atomic mass is 10.4. The summed E-state index contributed by atoms with van der Waals surface area (Å²) in [6.45, 7) is 3.19. The van der Waals surface area contributed by atoms with Crippen LogP contribution in [0.1, 0.15) is 0 Å². The summed E-state index contributed by atoms with van der Waals surface area (Å²) in [6.07, 6.45) is 6.40. The van der Waals surface area contributed by atoms with Crippen molar-refractivity contribution in [3.05, 3.63) is 0 Å². The van der Waals surface area contributed by atoms with Gasteiger partial charge in [0, 0.05) is 26.2 Å². The molecule has 0 saturated carbocycles. The Kier molecular flexibility index (Phi) is 3.31. The summed E-state index contributed by atoms with van der Waals surface area (Å²) in [5.41, 5.74) is 0. The molecule has 0 spiro atoms. The Labute approximate surface area is 79.6 Å². The van der Waals surface area contributed by atoms with Crippen LogP contribution in [0.15, 0.2) is 0 Å². The van der Waals surface area contributed by atoms with Gasteiger partial charge in [0.15, 0.2) is 0 Å². The number of hydrogen-bond donors (Lipinski definition) is 0. The second-order valence-electron chi connectivity index (χ2n) is 3.14. The van der Waals surface area contributed by atoms with Gasteiger partial charge in [-0.25, -0.2) is 8.42 Å². The SMILES string of the molecule is C#CCN1CCN(S(C)(=O)=O)CC1. The van der Waals surface area contributed by atoms with Gasteiger partial charge in [-0.1, -0.05) is 5.92 Å². The van der Waals surface area contributed by atoms with E-state index in [9.17, 15) is 8.42 Å². The van der Waals surface area contributed by atoms with Crippen molar-refractivity contribution >= 4 is 10.0 Å². The molecule has 0 N–H and O–H groups in total. The van der Waals surface area contributed by atoms with Gasteiger partial charge in [-0.05, 0) is 0 Å². The van der Waals surface area contributed by atoms with Crippen LogP contribution in [0.4, 0.5) is 0 Å². The van der Waals surface area contributed by atoms with Crippen LogP contribution < -0.4 is 0 Å². The van der Waals surface area contributed by atoms with Gasteiger partial charge in [-0.15, -0.1) is 6.42 Å². The molecule has 13 heavy (non-hydrogen) atoms. The Morgan fingerprint density at radius 3 is 2.23 bits per heavy atom. The quantitative estimate of drug-likeness (QED) is 0.550. The van der Waals surface area contributed by atoms with Crippen molar-refractivity contribution < 1.29 is 8.42 Å². The second kappa shape index (κ2) is 4.09. The normalized spacial score (nSPS) is 21.2. The fraction of sp³-hybridized carbons (Fsp3) is 0.750. The van der Waals surface area contributed by atoms with Crippen molar-refractivity contribution in [2.45, 2.75) is 0 Å². The van der Waals surface area contributed by atoms with Crippen LogP contribution in [0, 0.1) is 12.3 Å². The third-order valence-electron chi connectivity index (χ3n) is 2.12. The van der Waals surface area contributed by atoms with Gasteiger partial charge in [-0.3, -0.25) is 4.90 Å². The molecule has 0 aromatic heterocycles. The van der Waals surface area contributed by atoms with Crippen LogP contribution in [0.3, 0.4) is 0 Å². The zero-order valence-electron chi connectivity index (χ0n) is 7.73. The standard InChI is InChI=1S/C8H14N2O2S/c1-3-4-9-5-7-10(8-6-9)13(2,11)12/h1H,4-8H2,2H3. The maximum Gasteiger partial charge on any atom is 0.211 e. The first-order chi connectivity index (χ1) is 6.04. The Morgan fingerprint density at radius 2 is 1.85 bits per heavy atom. The largest absolute Gasteiger partial charge is 0.290 e. The molecule has 1 fully saturated rings. The average Bonchev–Trinajstić information content (AvgIpc) is 2.04. The molecular formula is C8H14N2O2S. The van der Waals surface area contributed by atoms with Gasteiger partial charge in [0.1, 0.15) is 0 Å². The Hall–Kier alpha value is -0.570. The Bertz CT molecular complexity index is 297. The zero-order chi connectivity index (χ0) is 9.90. The van der Waals surface area contributed by atoms with E-state index in [-0.39, 0.29) is 0 Å². The predicted octanol–water partition coefficient (Wildman–Crippen LogP) is -0.803. The molecule has 1 aliphatic heterocycles. The summed E-state index contributed by atoms with van der Waals surface area (Å²) in [6, 6.07) is 0. The minimum Gasteiger partial charge on any atom is -0.290 e. The van der Waals surface area contributed by atoms with Crippen molar-refractivity contribution in [3.63, 3.8) is 0 Å². The minimum absolute atomic E-state index is 0.556. The summed E-state index contributed by atoms with van der Waals surface area (Å²) in [5.74, 6) is 2.55. The van der Waals surface area contributed by atoms with Crippen molar-refractivity contribution in [1.82, 2.24) is 9.21 Å². The van der Waals surface area contributed by atoms with Gasteiger partial charge in [0.05, 0.1) is 12.8 Å². The zero-order valence-corrected chi connectivity index (χ0v) is 8.55. The highest BCUT2D eigenvalue weighted by molar-refractivity contribution is 7.88. The lowest BCUT2D eigenvalue weighted by Crippen LogP contribution is -2.48. The van der Waals surface area contributed by atoms with E-state index < -0.39 is 10.0 Å². The Morgan fingerprint density at radius 1 is 1.31 bits per heavy atom. The maximum absolute atomic E-state index is 11.1. The topological polar surface area (TPSA) is 40.6 Å². The summed E-state index contributed by atoms with van der Waals surface area (Å²) in [4.78, 5) is 2.07. The van der Waals surface area contributed by atoms with Gasteiger partial charge >= 0.3 is 0 Å². The van der Waals surface area contributed by atoms with E-state index in [2.05, 4.69) is 10.8 Å². The van der Waals surface area contributed by atoms with Crippen molar-refractivity contribution in [2.24, 2.45) is 0 Å². The predicted molar refractivity (Wildman–Crippen MR) is 51.7 cm³/mol. The fourth-order valence-electron chi connectivity index (χ4n) is 1.35. The highest BCUT2D eigenvalue weighted by Crippen LogP contribution is 2.04. The van der Waals surface area contributed by atoms with Crippen molar-refractivity contribution in [2.75, 3.05) is 39.0 Å². The fourth-order valence-corrected chi connectivity index (χ4v) is 2.17. The number of terminal acetylenes is 1. The van der Waals surface area contributed by atoms with Gasteiger partial charge in [0.25, 0.3) is 0 Å². The third kappa shape index (κ3) is 2.99. The van der Waals surface area contributed by atoms with Gasteiger partial charge in [-0.2, -0.15) is 4.31 Å². The number of nitrogens with zero attached hydrogens (tertiary/aromatic N) is 2. The van der Waals surface area contributed by atoms with E-state index in [0.717, 1.165) is 13.1 Å². The van der Waals surface area contributed by atoms with E-state index >= 15 is 0 Å². The third-order valence-corrected chi connectivity index (χ3v) is 3.42. The summed E-state index contributed by atoms with van der Waals surface area (Å²) in [7, 11) is -3.01. The number of sulfonamides is 1. The van der Waals surface area contributed by atoms with Crippen LogP contribution in [0.5, 0.6) is 0 Å². The molecule has 0 unspecified atom stereocenters. The Balaban J connectivity index is 2.45. The average molecular weight is 202 g/mol. The second-order valence-corrected chi connectivity index (χ2v) is 5.12. The molecule has 0 aromatic rings. The molecule has 1 saturated heterocycles. The molecule has 0 bridgehead atoms. The van der Waals surface area contributed by atoms with Crippen LogP contribution >= 0.6 is 0 Å². The summed E-state index contributed by atoms with van der Waals surface area (Å²) < 4.78 is 23.7. The molecule has 5 heteroatoms. The monoisotopic (exact) mass is 202 g/mol. The van der Waals surface area contributed by atoms with Crippen molar-refractivity contribution in [1.29, 1.82) is 0 Å². The summed E-state index contributed by atoms with van der Waals surface area (Å²) in [5, 5.41) is 0. The molecule has 1 rings (SSSR count). The highest BCUT2D eigenvalue weighted by Gasteiger charge is 2.22. The van der Waals surface area contributed by atoms with Crippen LogP contribution in [-0.2, 0) is 10.0 Å². The smallest absolute Gasteiger partial charge is 0.211 e. The highest BCUT2D eigenvalue weighted by atomic mass is 32.2. The van der Waals surface area contributed by atoms with Crippen LogP contribution in [0.25, 0.3) is 0 Å². The van der Waals surface area contributed by atoms with E-state index in [0.29, 0.717) is 19.6 Å². The molecule has 0 amide bonds. The molecule has 0 aliphatic carbocycles. The van der Waals surface area contributed by atoms with E-state index in [1.165, 1.54) is 10.6 Å². The lowest BCUT2D eigenvalue weighted by molar-refractivity contribution is 0.207. The molecule has 0 radical (unpaired) electrons. The minimum atomic E-state index is -3.01.